The smallest absolute Gasteiger partial charge is 0.244 e. The molecule has 1 N–H and O–H groups in total. The average Bonchev–Trinajstić information content (AvgIpc) is 3.11. The number of nitrogens with zero attached hydrogens (tertiary/aromatic N) is 2. The van der Waals surface area contributed by atoms with Crippen LogP contribution in [0.25, 0.3) is 17.5 Å². The van der Waals surface area contributed by atoms with Crippen LogP contribution in [0.4, 0.5) is 0 Å². The largest absolute Gasteiger partial charge is 0.352 e. The molecule has 0 saturated heterocycles. The van der Waals surface area contributed by atoms with Gasteiger partial charge in [0.05, 0.1) is 0 Å². The van der Waals surface area contributed by atoms with Crippen LogP contribution in [0, 0.1) is 0 Å². The Morgan fingerprint density at radius 3 is 2.50 bits per heavy atom. The Labute approximate surface area is 140 Å². The lowest BCUT2D eigenvalue weighted by Crippen LogP contribution is -2.23. The van der Waals surface area contributed by atoms with Crippen molar-refractivity contribution >= 4 is 12.0 Å². The molecule has 0 atom stereocenters. The van der Waals surface area contributed by atoms with Gasteiger partial charge < -0.3 is 9.84 Å². The maximum atomic E-state index is 11.8. The summed E-state index contributed by atoms with van der Waals surface area (Å²) in [6, 6.07) is 19.3. The normalized spacial score (nSPS) is 10.8. The van der Waals surface area contributed by atoms with Crippen LogP contribution in [0.5, 0.6) is 0 Å². The molecular weight excluding hydrogens is 302 g/mol. The summed E-state index contributed by atoms with van der Waals surface area (Å²) < 4.78 is 5.20. The molecule has 5 heteroatoms. The van der Waals surface area contributed by atoms with Gasteiger partial charge in [-0.2, -0.15) is 4.98 Å². The second-order valence-electron chi connectivity index (χ2n) is 5.16. The molecule has 0 radical (unpaired) electrons. The van der Waals surface area contributed by atoms with E-state index in [0.29, 0.717) is 24.7 Å². The molecule has 2 aromatic carbocycles. The summed E-state index contributed by atoms with van der Waals surface area (Å²) >= 11 is 0. The molecule has 3 rings (SSSR count). The Morgan fingerprint density at radius 2 is 1.75 bits per heavy atom. The summed E-state index contributed by atoms with van der Waals surface area (Å²) in [6.45, 7) is 0.439. The van der Waals surface area contributed by atoms with E-state index in [-0.39, 0.29) is 5.91 Å². The average molecular weight is 319 g/mol. The maximum Gasteiger partial charge on any atom is 0.244 e. The van der Waals surface area contributed by atoms with Crippen LogP contribution in [0.2, 0.25) is 0 Å². The molecule has 24 heavy (non-hydrogen) atoms. The highest BCUT2D eigenvalue weighted by Gasteiger charge is 2.08. The lowest BCUT2D eigenvalue weighted by Gasteiger charge is -1.98. The summed E-state index contributed by atoms with van der Waals surface area (Å²) in [5.74, 6) is 0.906. The van der Waals surface area contributed by atoms with Crippen molar-refractivity contribution in [2.24, 2.45) is 0 Å². The van der Waals surface area contributed by atoms with Crippen molar-refractivity contribution in [3.8, 4) is 11.4 Å². The topological polar surface area (TPSA) is 68.0 Å². The molecule has 3 aromatic rings. The minimum Gasteiger partial charge on any atom is -0.352 e. The van der Waals surface area contributed by atoms with Crippen LogP contribution in [-0.4, -0.2) is 22.6 Å². The van der Waals surface area contributed by atoms with Gasteiger partial charge in [0.2, 0.25) is 17.6 Å². The molecule has 1 heterocycles. The minimum atomic E-state index is -0.151. The second kappa shape index (κ2) is 7.87. The van der Waals surface area contributed by atoms with Gasteiger partial charge in [-0.05, 0) is 11.6 Å². The third kappa shape index (κ3) is 4.39. The van der Waals surface area contributed by atoms with Crippen molar-refractivity contribution in [1.29, 1.82) is 0 Å². The maximum absolute atomic E-state index is 11.8. The van der Waals surface area contributed by atoms with Gasteiger partial charge in [0.15, 0.2) is 0 Å². The van der Waals surface area contributed by atoms with E-state index < -0.39 is 0 Å². The Bertz CT molecular complexity index is 811. The van der Waals surface area contributed by atoms with Crippen molar-refractivity contribution in [3.63, 3.8) is 0 Å². The quantitative estimate of drug-likeness (QED) is 0.709. The number of aromatic nitrogens is 2. The van der Waals surface area contributed by atoms with Gasteiger partial charge in [-0.1, -0.05) is 65.8 Å². The number of amides is 1. The Kier molecular flexibility index (Phi) is 5.14. The summed E-state index contributed by atoms with van der Waals surface area (Å²) in [5.41, 5.74) is 1.89. The monoisotopic (exact) mass is 319 g/mol. The van der Waals surface area contributed by atoms with Crippen molar-refractivity contribution < 1.29 is 9.32 Å². The van der Waals surface area contributed by atoms with Crippen molar-refractivity contribution in [2.45, 2.75) is 6.42 Å². The van der Waals surface area contributed by atoms with Crippen LogP contribution in [0.3, 0.4) is 0 Å². The standard InChI is InChI=1S/C19H17N3O2/c23-17(12-11-15-7-3-1-4-8-15)20-14-13-18-21-19(22-24-18)16-9-5-2-6-10-16/h1-12H,13-14H2,(H,20,23)/b12-11+. The molecule has 0 spiro atoms. The molecule has 0 aliphatic rings. The number of rotatable bonds is 6. The van der Waals surface area contributed by atoms with E-state index in [2.05, 4.69) is 15.5 Å². The zero-order valence-corrected chi connectivity index (χ0v) is 13.1. The highest BCUT2D eigenvalue weighted by Crippen LogP contribution is 2.14. The highest BCUT2D eigenvalue weighted by atomic mass is 16.5. The van der Waals surface area contributed by atoms with Gasteiger partial charge in [0.25, 0.3) is 0 Å². The molecule has 0 aliphatic heterocycles. The molecule has 0 saturated carbocycles. The van der Waals surface area contributed by atoms with E-state index in [1.807, 2.05) is 60.7 Å². The third-order valence-corrected chi connectivity index (χ3v) is 3.36. The zero-order valence-electron chi connectivity index (χ0n) is 13.1. The number of hydrogen-bond acceptors (Lipinski definition) is 4. The van der Waals surface area contributed by atoms with Crippen LogP contribution >= 0.6 is 0 Å². The molecule has 1 amide bonds. The van der Waals surface area contributed by atoms with Crippen molar-refractivity contribution in [3.05, 3.63) is 78.2 Å². The fourth-order valence-corrected chi connectivity index (χ4v) is 2.15. The first-order chi connectivity index (χ1) is 11.8. The SMILES string of the molecule is O=C(/C=C/c1ccccc1)NCCc1nc(-c2ccccc2)no1. The number of hydrogen-bond donors (Lipinski definition) is 1. The third-order valence-electron chi connectivity index (χ3n) is 3.36. The van der Waals surface area contributed by atoms with E-state index in [9.17, 15) is 4.79 Å². The Hall–Kier alpha value is -3.21. The molecule has 0 fully saturated rings. The predicted octanol–water partition coefficient (Wildman–Crippen LogP) is 3.11. The summed E-state index contributed by atoms with van der Waals surface area (Å²) in [6.07, 6.45) is 3.78. The van der Waals surface area contributed by atoms with Crippen molar-refractivity contribution in [1.82, 2.24) is 15.5 Å². The Morgan fingerprint density at radius 1 is 1.04 bits per heavy atom. The van der Waals surface area contributed by atoms with E-state index in [1.165, 1.54) is 6.08 Å². The Balaban J connectivity index is 1.47. The zero-order chi connectivity index (χ0) is 16.6. The molecule has 5 nitrogen and oxygen atoms in total. The lowest BCUT2D eigenvalue weighted by atomic mass is 10.2. The van der Waals surface area contributed by atoms with Crippen molar-refractivity contribution in [2.75, 3.05) is 6.54 Å². The number of carbonyl (C=O) groups excluding carboxylic acids is 1. The van der Waals surface area contributed by atoms with Crippen LogP contribution in [0.15, 0.2) is 71.3 Å². The van der Waals surface area contributed by atoms with E-state index in [1.54, 1.807) is 6.08 Å². The van der Waals surface area contributed by atoms with Gasteiger partial charge >= 0.3 is 0 Å². The number of carbonyl (C=O) groups is 1. The fraction of sp³-hybridized carbons (Fsp3) is 0.105. The van der Waals surface area contributed by atoms with E-state index >= 15 is 0 Å². The number of nitrogens with one attached hydrogen (secondary N) is 1. The molecule has 1 aromatic heterocycles. The molecule has 0 aliphatic carbocycles. The van der Waals surface area contributed by atoms with Gasteiger partial charge in [0.1, 0.15) is 0 Å². The summed E-state index contributed by atoms with van der Waals surface area (Å²) in [4.78, 5) is 16.1. The summed E-state index contributed by atoms with van der Waals surface area (Å²) in [5, 5.41) is 6.74. The minimum absolute atomic E-state index is 0.151. The van der Waals surface area contributed by atoms with E-state index in [0.717, 1.165) is 11.1 Å². The fourth-order valence-electron chi connectivity index (χ4n) is 2.15. The highest BCUT2D eigenvalue weighted by molar-refractivity contribution is 5.91. The summed E-state index contributed by atoms with van der Waals surface area (Å²) in [7, 11) is 0. The molecular formula is C19H17N3O2. The first-order valence-electron chi connectivity index (χ1n) is 7.70. The lowest BCUT2D eigenvalue weighted by molar-refractivity contribution is -0.116. The van der Waals surface area contributed by atoms with Gasteiger partial charge in [0, 0.05) is 24.6 Å². The molecule has 120 valence electrons. The van der Waals surface area contributed by atoms with Crippen LogP contribution in [-0.2, 0) is 11.2 Å². The second-order valence-corrected chi connectivity index (χ2v) is 5.16. The molecule has 0 bridgehead atoms. The number of benzene rings is 2. The first-order valence-corrected chi connectivity index (χ1v) is 7.70. The van der Waals surface area contributed by atoms with Crippen LogP contribution < -0.4 is 5.32 Å². The first kappa shape index (κ1) is 15.7. The van der Waals surface area contributed by atoms with Crippen LogP contribution in [0.1, 0.15) is 11.5 Å². The molecule has 0 unspecified atom stereocenters. The van der Waals surface area contributed by atoms with Gasteiger partial charge in [-0.3, -0.25) is 4.79 Å². The van der Waals surface area contributed by atoms with Gasteiger partial charge in [-0.15, -0.1) is 0 Å². The van der Waals surface area contributed by atoms with E-state index in [4.69, 9.17) is 4.52 Å². The predicted molar refractivity (Wildman–Crippen MR) is 91.9 cm³/mol. The van der Waals surface area contributed by atoms with Gasteiger partial charge in [-0.25, -0.2) is 0 Å².